The monoisotopic (exact) mass is 384 g/mol. The molecule has 1 unspecified atom stereocenters. The summed E-state index contributed by atoms with van der Waals surface area (Å²) in [5, 5.41) is 13.0. The van der Waals surface area contributed by atoms with Gasteiger partial charge in [0.2, 0.25) is 0 Å². The smallest absolute Gasteiger partial charge is 0.336 e. The fourth-order valence-electron chi connectivity index (χ4n) is 3.56. The molecule has 0 saturated carbocycles. The molecule has 0 radical (unpaired) electrons. The first-order valence-electron chi connectivity index (χ1n) is 9.09. The van der Waals surface area contributed by atoms with E-state index in [1.54, 1.807) is 6.92 Å². The molecule has 6 heteroatoms. The molecule has 2 rings (SSSR count). The van der Waals surface area contributed by atoms with Crippen molar-refractivity contribution < 1.29 is 24.2 Å². The normalized spacial score (nSPS) is 13.3. The molecule has 0 aliphatic rings. The van der Waals surface area contributed by atoms with Gasteiger partial charge in [0.15, 0.2) is 0 Å². The maximum atomic E-state index is 12.6. The lowest BCUT2D eigenvalue weighted by Gasteiger charge is -2.29. The molecule has 0 aliphatic carbocycles. The molecular weight excluding hydrogens is 358 g/mol. The summed E-state index contributed by atoms with van der Waals surface area (Å²) < 4.78 is 10.2. The van der Waals surface area contributed by atoms with E-state index in [4.69, 9.17) is 4.74 Å². The fourth-order valence-corrected chi connectivity index (χ4v) is 3.56. The second kappa shape index (κ2) is 8.42. The van der Waals surface area contributed by atoms with Gasteiger partial charge in [-0.05, 0) is 38.8 Å². The number of nitrogens with zero attached hydrogens (tertiary/aromatic N) is 1. The Morgan fingerprint density at radius 1 is 1.25 bits per heavy atom. The second-order valence-electron chi connectivity index (χ2n) is 7.58. The van der Waals surface area contributed by atoms with Crippen molar-refractivity contribution in [1.82, 2.24) is 0 Å². The van der Waals surface area contributed by atoms with Crippen LogP contribution >= 0.6 is 0 Å². The highest BCUT2D eigenvalue weighted by Gasteiger charge is 2.31. The van der Waals surface area contributed by atoms with E-state index in [0.717, 1.165) is 21.9 Å². The summed E-state index contributed by atoms with van der Waals surface area (Å²) in [6.45, 7) is 8.85. The number of ketones is 1. The van der Waals surface area contributed by atoms with E-state index < -0.39 is 23.5 Å². The number of carbonyl (C=O) groups is 2. The van der Waals surface area contributed by atoms with Gasteiger partial charge in [0.25, 0.3) is 0 Å². The highest BCUT2D eigenvalue weighted by atomic mass is 16.6. The summed E-state index contributed by atoms with van der Waals surface area (Å²) in [7, 11) is 1.19. The molecule has 6 nitrogen and oxygen atoms in total. The van der Waals surface area contributed by atoms with Crippen LogP contribution in [0.2, 0.25) is 0 Å². The van der Waals surface area contributed by atoms with Crippen LogP contribution in [0.5, 0.6) is 5.75 Å². The van der Waals surface area contributed by atoms with Gasteiger partial charge in [0.1, 0.15) is 23.7 Å². The van der Waals surface area contributed by atoms with E-state index in [2.05, 4.69) is 9.73 Å². The molecule has 0 aliphatic heterocycles. The van der Waals surface area contributed by atoms with Gasteiger partial charge in [-0.15, -0.1) is 0 Å². The highest BCUT2D eigenvalue weighted by molar-refractivity contribution is 5.94. The minimum Gasteiger partial charge on any atom is -0.604 e. The first kappa shape index (κ1) is 21.4. The van der Waals surface area contributed by atoms with Crippen LogP contribution in [0.25, 0.3) is 10.8 Å². The number of carbonyl (C=O) groups excluding carboxylic acids is 2. The third-order valence-corrected chi connectivity index (χ3v) is 4.58. The maximum absolute atomic E-state index is 12.6. The summed E-state index contributed by atoms with van der Waals surface area (Å²) >= 11 is 0. The van der Waals surface area contributed by atoms with Crippen LogP contribution in [0.4, 0.5) is 0 Å². The minimum absolute atomic E-state index is 0.0453. The predicted octanol–water partition coefficient (Wildman–Crippen LogP) is 3.06. The molecule has 2 aromatic carbocycles. The molecule has 2 aromatic rings. The zero-order chi connectivity index (χ0) is 21.1. The van der Waals surface area contributed by atoms with E-state index in [9.17, 15) is 14.7 Å². The standard InChI is InChI=1S/C22H27NO5/c1-13-11-16-9-7-8-10-17(16)19(18(13)22(4,5)12-14(2)24)28-20(25)15(3)23-21(26)27-6/h7-11,15H,12H2,1-6H3,(H,23,26)/p-1. The lowest BCUT2D eigenvalue weighted by molar-refractivity contribution is -0.248. The number of aliphatic imine (C=N–C) groups is 1. The van der Waals surface area contributed by atoms with Crippen LogP contribution in [0, 0.1) is 6.92 Å². The first-order valence-corrected chi connectivity index (χ1v) is 9.09. The second-order valence-corrected chi connectivity index (χ2v) is 7.58. The number of hydrogen-bond acceptors (Lipinski definition) is 6. The van der Waals surface area contributed by atoms with Crippen molar-refractivity contribution in [2.45, 2.75) is 52.5 Å². The number of Topliss-reactive ketones (excluding diaryl/α,β-unsaturated/α-hetero) is 1. The number of aryl methyl sites for hydroxylation is 1. The van der Waals surface area contributed by atoms with E-state index in [1.807, 2.05) is 51.1 Å². The van der Waals surface area contributed by atoms with Gasteiger partial charge >= 0.3 is 5.97 Å². The molecule has 0 saturated heterocycles. The van der Waals surface area contributed by atoms with Gasteiger partial charge < -0.3 is 14.6 Å². The average molecular weight is 384 g/mol. The number of ether oxygens (including phenoxy) is 2. The van der Waals surface area contributed by atoms with Crippen molar-refractivity contribution in [3.05, 3.63) is 41.5 Å². The zero-order valence-corrected chi connectivity index (χ0v) is 17.2. The van der Waals surface area contributed by atoms with Gasteiger partial charge in [-0.2, -0.15) is 0 Å². The number of rotatable bonds is 6. The van der Waals surface area contributed by atoms with E-state index in [1.165, 1.54) is 14.0 Å². The van der Waals surface area contributed by atoms with Crippen molar-refractivity contribution >= 4 is 28.6 Å². The van der Waals surface area contributed by atoms with Gasteiger partial charge in [-0.3, -0.25) is 9.79 Å². The summed E-state index contributed by atoms with van der Waals surface area (Å²) in [6.07, 6.45) is -0.533. The van der Waals surface area contributed by atoms with Crippen LogP contribution in [-0.4, -0.2) is 31.0 Å². The molecule has 0 N–H and O–H groups in total. The Morgan fingerprint density at radius 2 is 1.89 bits per heavy atom. The number of methoxy groups -OCH3 is 1. The Balaban J connectivity index is 2.63. The number of esters is 1. The predicted molar refractivity (Wildman–Crippen MR) is 107 cm³/mol. The third-order valence-electron chi connectivity index (χ3n) is 4.58. The van der Waals surface area contributed by atoms with Crippen molar-refractivity contribution in [2.75, 3.05) is 7.11 Å². The Hall–Kier alpha value is -2.89. The van der Waals surface area contributed by atoms with Crippen LogP contribution in [0.3, 0.4) is 0 Å². The van der Waals surface area contributed by atoms with Crippen molar-refractivity contribution in [2.24, 2.45) is 4.99 Å². The highest BCUT2D eigenvalue weighted by Crippen LogP contribution is 2.42. The molecule has 0 spiro atoms. The Morgan fingerprint density at radius 3 is 2.50 bits per heavy atom. The molecule has 0 fully saturated rings. The van der Waals surface area contributed by atoms with Gasteiger partial charge in [-0.1, -0.05) is 44.2 Å². The number of hydrogen-bond donors (Lipinski definition) is 0. The topological polar surface area (TPSA) is 88.0 Å². The summed E-state index contributed by atoms with van der Waals surface area (Å²) in [6, 6.07) is 8.57. The summed E-state index contributed by atoms with van der Waals surface area (Å²) in [4.78, 5) is 28.1. The van der Waals surface area contributed by atoms with Crippen molar-refractivity contribution in [1.29, 1.82) is 0 Å². The lowest BCUT2D eigenvalue weighted by Crippen LogP contribution is -2.29. The van der Waals surface area contributed by atoms with E-state index in [-0.39, 0.29) is 5.78 Å². The fraction of sp³-hybridized carbons (Fsp3) is 0.409. The summed E-state index contributed by atoms with van der Waals surface area (Å²) in [5.41, 5.74) is 1.17. The largest absolute Gasteiger partial charge is 0.604 e. The minimum atomic E-state index is -1.02. The molecule has 150 valence electrons. The Kier molecular flexibility index (Phi) is 6.44. The molecule has 0 amide bonds. The zero-order valence-electron chi connectivity index (χ0n) is 17.2. The van der Waals surface area contributed by atoms with Gasteiger partial charge in [0.05, 0.1) is 0 Å². The third kappa shape index (κ3) is 4.68. The van der Waals surface area contributed by atoms with Crippen LogP contribution in [0.1, 0.15) is 45.2 Å². The number of benzene rings is 2. The molecule has 0 aromatic heterocycles. The first-order chi connectivity index (χ1) is 13.1. The van der Waals surface area contributed by atoms with Crippen LogP contribution in [0.15, 0.2) is 35.3 Å². The Labute approximate surface area is 165 Å². The Bertz CT molecular complexity index is 930. The van der Waals surface area contributed by atoms with Gasteiger partial charge in [-0.25, -0.2) is 4.79 Å². The molecule has 0 heterocycles. The SMILES string of the molecule is COC([O-])=NC(C)C(=O)Oc1c(C(C)(C)CC(C)=O)c(C)cc2ccccc12. The maximum Gasteiger partial charge on any atom is 0.336 e. The summed E-state index contributed by atoms with van der Waals surface area (Å²) in [5.74, 6) is -0.219. The van der Waals surface area contributed by atoms with Crippen LogP contribution in [-0.2, 0) is 19.7 Å². The van der Waals surface area contributed by atoms with Crippen LogP contribution < -0.4 is 9.84 Å². The van der Waals surface area contributed by atoms with E-state index >= 15 is 0 Å². The molecule has 28 heavy (non-hydrogen) atoms. The molecular formula is C22H26NO5-. The quantitative estimate of drug-likeness (QED) is 0.331. The van der Waals surface area contributed by atoms with Gasteiger partial charge in [0, 0.05) is 22.8 Å². The van der Waals surface area contributed by atoms with Crippen molar-refractivity contribution in [3.63, 3.8) is 0 Å². The average Bonchev–Trinajstić information content (AvgIpc) is 2.59. The number of fused-ring (bicyclic) bond motifs is 1. The van der Waals surface area contributed by atoms with E-state index in [0.29, 0.717) is 12.2 Å². The molecule has 0 bridgehead atoms. The lowest BCUT2D eigenvalue weighted by atomic mass is 9.76. The van der Waals surface area contributed by atoms with Crippen molar-refractivity contribution in [3.8, 4) is 5.75 Å². The molecule has 1 atom stereocenters.